The van der Waals surface area contributed by atoms with Crippen molar-refractivity contribution in [3.63, 3.8) is 0 Å². The molecule has 2 atom stereocenters. The lowest BCUT2D eigenvalue weighted by atomic mass is 10.0. The molecule has 6 heteroatoms. The van der Waals surface area contributed by atoms with Crippen molar-refractivity contribution in [1.82, 2.24) is 4.90 Å². The highest BCUT2D eigenvalue weighted by Crippen LogP contribution is 2.55. The molecule has 3 aliphatic heterocycles. The largest absolute Gasteiger partial charge is 0.447 e. The summed E-state index contributed by atoms with van der Waals surface area (Å²) in [6.07, 6.45) is 1.41. The van der Waals surface area contributed by atoms with Gasteiger partial charge in [0.1, 0.15) is 23.6 Å². The highest BCUT2D eigenvalue weighted by Gasteiger charge is 2.69. The predicted molar refractivity (Wildman–Crippen MR) is 83.9 cm³/mol. The molecule has 6 nitrogen and oxygen atoms in total. The Kier molecular flexibility index (Phi) is 3.20. The summed E-state index contributed by atoms with van der Waals surface area (Å²) in [5.74, 6) is 0. The van der Waals surface area contributed by atoms with E-state index in [0.717, 1.165) is 18.5 Å². The van der Waals surface area contributed by atoms with Crippen LogP contribution in [0.25, 0.3) is 0 Å². The van der Waals surface area contributed by atoms with Crippen LogP contribution in [0.2, 0.25) is 0 Å². The van der Waals surface area contributed by atoms with Crippen molar-refractivity contribution in [3.05, 3.63) is 30.3 Å². The minimum Gasteiger partial charge on any atom is -0.447 e. The molecular formula is C17H22N2O4. The number of para-hydroxylation sites is 1. The Morgan fingerprint density at radius 3 is 2.39 bits per heavy atom. The summed E-state index contributed by atoms with van der Waals surface area (Å²) in [6.45, 7) is 5.50. The van der Waals surface area contributed by atoms with Crippen molar-refractivity contribution in [3.8, 4) is 0 Å². The van der Waals surface area contributed by atoms with E-state index in [4.69, 9.17) is 14.2 Å². The summed E-state index contributed by atoms with van der Waals surface area (Å²) < 4.78 is 17.6. The number of anilines is 1. The molecule has 23 heavy (non-hydrogen) atoms. The van der Waals surface area contributed by atoms with Gasteiger partial charge in [-0.15, -0.1) is 0 Å². The molecule has 0 spiro atoms. The summed E-state index contributed by atoms with van der Waals surface area (Å²) in [6, 6.07) is 9.28. The molecular weight excluding hydrogens is 296 g/mol. The average molecular weight is 318 g/mol. The van der Waals surface area contributed by atoms with Crippen molar-refractivity contribution in [2.75, 3.05) is 25.1 Å². The Labute approximate surface area is 135 Å². The first-order chi connectivity index (χ1) is 11.0. The van der Waals surface area contributed by atoms with Crippen LogP contribution in [0.3, 0.4) is 0 Å². The van der Waals surface area contributed by atoms with Gasteiger partial charge < -0.3 is 14.2 Å². The Bertz CT molecular complexity index is 600. The fourth-order valence-corrected chi connectivity index (χ4v) is 4.24. The van der Waals surface area contributed by atoms with Crippen LogP contribution in [-0.2, 0) is 14.2 Å². The van der Waals surface area contributed by atoms with Gasteiger partial charge in [0.05, 0.1) is 13.2 Å². The van der Waals surface area contributed by atoms with Crippen molar-refractivity contribution < 1.29 is 19.0 Å². The van der Waals surface area contributed by atoms with Gasteiger partial charge in [0.2, 0.25) is 0 Å². The summed E-state index contributed by atoms with van der Waals surface area (Å²) in [4.78, 5) is 14.3. The minimum atomic E-state index is -0.452. The van der Waals surface area contributed by atoms with Gasteiger partial charge in [-0.05, 0) is 38.8 Å². The summed E-state index contributed by atoms with van der Waals surface area (Å²) in [5, 5.41) is 2.74. The van der Waals surface area contributed by atoms with E-state index in [1.165, 1.54) is 0 Å². The Morgan fingerprint density at radius 2 is 1.78 bits per heavy atom. The van der Waals surface area contributed by atoms with E-state index < -0.39 is 6.09 Å². The zero-order valence-electron chi connectivity index (χ0n) is 13.5. The normalized spacial score (nSPS) is 38.5. The number of amides is 1. The molecule has 3 saturated heterocycles. The van der Waals surface area contributed by atoms with E-state index in [1.54, 1.807) is 0 Å². The van der Waals surface area contributed by atoms with Gasteiger partial charge >= 0.3 is 6.09 Å². The molecule has 4 rings (SSSR count). The van der Waals surface area contributed by atoms with E-state index in [2.05, 4.69) is 24.1 Å². The van der Waals surface area contributed by atoms with Gasteiger partial charge in [-0.2, -0.15) is 0 Å². The zero-order chi connectivity index (χ0) is 16.1. The van der Waals surface area contributed by atoms with E-state index in [9.17, 15) is 4.79 Å². The molecule has 124 valence electrons. The molecule has 1 amide bonds. The molecule has 0 unspecified atom stereocenters. The first-order valence-electron chi connectivity index (χ1n) is 8.03. The number of ether oxygens (including phenoxy) is 3. The summed E-state index contributed by atoms with van der Waals surface area (Å²) in [7, 11) is 0. The van der Waals surface area contributed by atoms with E-state index in [-0.39, 0.29) is 23.6 Å². The molecule has 0 saturated carbocycles. The summed E-state index contributed by atoms with van der Waals surface area (Å²) in [5.41, 5.74) is -0.292. The van der Waals surface area contributed by atoms with Crippen LogP contribution in [0.4, 0.5) is 10.5 Å². The molecule has 0 aliphatic carbocycles. The molecule has 3 aliphatic rings. The smallest absolute Gasteiger partial charge is 0.411 e. The Balaban J connectivity index is 1.44. The lowest BCUT2D eigenvalue weighted by Crippen LogP contribution is -2.56. The minimum absolute atomic E-state index is 0.261. The van der Waals surface area contributed by atoms with Crippen LogP contribution in [0.15, 0.2) is 30.3 Å². The van der Waals surface area contributed by atoms with Crippen LogP contribution >= 0.6 is 0 Å². The van der Waals surface area contributed by atoms with E-state index >= 15 is 0 Å². The Morgan fingerprint density at radius 1 is 1.17 bits per heavy atom. The SMILES string of the molecule is C[C@]12CC[C@@]3(C)OCC(COC(=O)Nc4ccccc4)(CO1)N23. The fraction of sp³-hybridized carbons (Fsp3) is 0.588. The fourth-order valence-electron chi connectivity index (χ4n) is 4.24. The number of benzene rings is 1. The van der Waals surface area contributed by atoms with Gasteiger partial charge in [-0.25, -0.2) is 9.69 Å². The molecule has 0 radical (unpaired) electrons. The zero-order valence-corrected chi connectivity index (χ0v) is 13.5. The van der Waals surface area contributed by atoms with Crippen LogP contribution in [0.1, 0.15) is 26.7 Å². The van der Waals surface area contributed by atoms with Crippen LogP contribution in [0.5, 0.6) is 0 Å². The quantitative estimate of drug-likeness (QED) is 0.928. The molecule has 0 bridgehead atoms. The predicted octanol–water partition coefficient (Wildman–Crippen LogP) is 2.56. The van der Waals surface area contributed by atoms with Crippen molar-refractivity contribution in [1.29, 1.82) is 0 Å². The van der Waals surface area contributed by atoms with Crippen LogP contribution < -0.4 is 5.32 Å². The van der Waals surface area contributed by atoms with Crippen molar-refractivity contribution >= 4 is 11.8 Å². The van der Waals surface area contributed by atoms with Gasteiger partial charge in [-0.3, -0.25) is 5.32 Å². The van der Waals surface area contributed by atoms with Crippen LogP contribution in [0, 0.1) is 0 Å². The number of carbonyl (C=O) groups excluding carboxylic acids is 1. The molecule has 1 aromatic carbocycles. The van der Waals surface area contributed by atoms with Gasteiger partial charge in [-0.1, -0.05) is 18.2 Å². The van der Waals surface area contributed by atoms with E-state index in [1.807, 2.05) is 30.3 Å². The first-order valence-corrected chi connectivity index (χ1v) is 8.03. The number of rotatable bonds is 3. The van der Waals surface area contributed by atoms with Crippen molar-refractivity contribution in [2.45, 2.75) is 43.7 Å². The Hall–Kier alpha value is -1.63. The second-order valence-corrected chi connectivity index (χ2v) is 7.05. The van der Waals surface area contributed by atoms with Gasteiger partial charge in [0.15, 0.2) is 0 Å². The van der Waals surface area contributed by atoms with Gasteiger partial charge in [0.25, 0.3) is 0 Å². The number of hydrogen-bond acceptors (Lipinski definition) is 5. The first kappa shape index (κ1) is 14.9. The second-order valence-electron chi connectivity index (χ2n) is 7.05. The van der Waals surface area contributed by atoms with Gasteiger partial charge in [0, 0.05) is 5.69 Å². The number of nitrogens with zero attached hydrogens (tertiary/aromatic N) is 1. The lowest BCUT2D eigenvalue weighted by Gasteiger charge is -2.37. The maximum absolute atomic E-state index is 12.1. The number of hydrogen-bond donors (Lipinski definition) is 1. The maximum atomic E-state index is 12.1. The number of nitrogens with one attached hydrogen (secondary N) is 1. The molecule has 3 heterocycles. The highest BCUT2D eigenvalue weighted by atomic mass is 16.6. The highest BCUT2D eigenvalue weighted by molar-refractivity contribution is 5.84. The molecule has 1 N–H and O–H groups in total. The standard InChI is InChI=1S/C17H22N2O4/c1-15-8-9-16(2)19(15)17(11-22-15,12-23-16)10-21-14(20)18-13-6-4-3-5-7-13/h3-7H,8-12H2,1-2H3,(H,18,20)/t15-,16-/m1/s1. The maximum Gasteiger partial charge on any atom is 0.411 e. The van der Waals surface area contributed by atoms with Crippen LogP contribution in [-0.4, -0.2) is 47.8 Å². The third-order valence-corrected chi connectivity index (χ3v) is 5.27. The molecule has 0 aromatic heterocycles. The number of carbonyl (C=O) groups is 1. The monoisotopic (exact) mass is 318 g/mol. The van der Waals surface area contributed by atoms with Crippen molar-refractivity contribution in [2.24, 2.45) is 0 Å². The lowest BCUT2D eigenvalue weighted by molar-refractivity contribution is -0.125. The molecule has 1 aromatic rings. The average Bonchev–Trinajstić information content (AvgIpc) is 3.11. The second kappa shape index (κ2) is 4.93. The third-order valence-electron chi connectivity index (χ3n) is 5.27. The summed E-state index contributed by atoms with van der Waals surface area (Å²) >= 11 is 0. The molecule has 3 fully saturated rings. The van der Waals surface area contributed by atoms with E-state index in [0.29, 0.717) is 13.2 Å². The third kappa shape index (κ3) is 2.24. The topological polar surface area (TPSA) is 60.0 Å².